The second kappa shape index (κ2) is 7.13. The summed E-state index contributed by atoms with van der Waals surface area (Å²) in [7, 11) is -3.38. The van der Waals surface area contributed by atoms with Crippen LogP contribution in [0.25, 0.3) is 0 Å². The summed E-state index contributed by atoms with van der Waals surface area (Å²) in [5.74, 6) is -0.0189. The lowest BCUT2D eigenvalue weighted by molar-refractivity contribution is -0.0249. The Hall–Kier alpha value is -1.31. The lowest BCUT2D eigenvalue weighted by Crippen LogP contribution is -2.52. The summed E-state index contributed by atoms with van der Waals surface area (Å²) < 4.78 is 31.6. The number of hydrogen-bond donors (Lipinski definition) is 0. The molecule has 0 saturated carbocycles. The SMILES string of the molecule is CC1COCC(C)N1C(=O)c1ccc(Cl)c(N2CCCCS2(=O)=O)c1. The van der Waals surface area contributed by atoms with Crippen LogP contribution in [0.3, 0.4) is 0 Å². The molecule has 1 amide bonds. The third-order valence-electron chi connectivity index (χ3n) is 4.71. The van der Waals surface area contributed by atoms with E-state index in [4.69, 9.17) is 16.3 Å². The number of carbonyl (C=O) groups is 1. The number of benzene rings is 1. The van der Waals surface area contributed by atoms with Gasteiger partial charge in [-0.05, 0) is 44.9 Å². The maximum absolute atomic E-state index is 13.0. The molecule has 0 bridgehead atoms. The number of amides is 1. The molecular formula is C17H23ClN2O4S. The van der Waals surface area contributed by atoms with Crippen LogP contribution in [0.5, 0.6) is 0 Å². The van der Waals surface area contributed by atoms with Gasteiger partial charge in [0.15, 0.2) is 0 Å². The first kappa shape index (κ1) is 18.5. The van der Waals surface area contributed by atoms with Gasteiger partial charge in [-0.25, -0.2) is 8.42 Å². The molecule has 0 aliphatic carbocycles. The first-order valence-corrected chi connectivity index (χ1v) is 10.5. The molecule has 3 rings (SSSR count). The molecule has 0 aromatic heterocycles. The van der Waals surface area contributed by atoms with Crippen molar-refractivity contribution < 1.29 is 17.9 Å². The predicted molar refractivity (Wildman–Crippen MR) is 97.7 cm³/mol. The van der Waals surface area contributed by atoms with Crippen LogP contribution in [0.2, 0.25) is 5.02 Å². The highest BCUT2D eigenvalue weighted by molar-refractivity contribution is 7.92. The van der Waals surface area contributed by atoms with Crippen LogP contribution in [-0.4, -0.2) is 56.8 Å². The van der Waals surface area contributed by atoms with Crippen molar-refractivity contribution in [3.63, 3.8) is 0 Å². The normalized spacial score (nSPS) is 26.5. The summed E-state index contributed by atoms with van der Waals surface area (Å²) >= 11 is 6.25. The minimum atomic E-state index is -3.38. The zero-order valence-corrected chi connectivity index (χ0v) is 16.0. The monoisotopic (exact) mass is 386 g/mol. The molecule has 25 heavy (non-hydrogen) atoms. The summed E-state index contributed by atoms with van der Waals surface area (Å²) in [5.41, 5.74) is 0.835. The Labute approximate surface area is 153 Å². The third kappa shape index (κ3) is 3.64. The number of hydrogen-bond acceptors (Lipinski definition) is 4. The maximum Gasteiger partial charge on any atom is 0.254 e. The maximum atomic E-state index is 13.0. The van der Waals surface area contributed by atoms with Crippen LogP contribution < -0.4 is 4.31 Å². The molecule has 0 radical (unpaired) electrons. The van der Waals surface area contributed by atoms with Gasteiger partial charge in [-0.15, -0.1) is 0 Å². The van der Waals surface area contributed by atoms with Crippen LogP contribution >= 0.6 is 11.6 Å². The molecule has 0 spiro atoms. The molecule has 2 aliphatic heterocycles. The number of carbonyl (C=O) groups excluding carboxylic acids is 1. The molecule has 1 aromatic rings. The highest BCUT2D eigenvalue weighted by Crippen LogP contribution is 2.32. The number of rotatable bonds is 2. The average Bonchev–Trinajstić information content (AvgIpc) is 2.55. The molecule has 2 aliphatic rings. The van der Waals surface area contributed by atoms with Crippen molar-refractivity contribution in [1.29, 1.82) is 0 Å². The fourth-order valence-corrected chi connectivity index (χ4v) is 5.37. The van der Waals surface area contributed by atoms with Gasteiger partial charge >= 0.3 is 0 Å². The van der Waals surface area contributed by atoms with E-state index in [1.165, 1.54) is 4.31 Å². The lowest BCUT2D eigenvalue weighted by Gasteiger charge is -2.39. The van der Waals surface area contributed by atoms with Crippen molar-refractivity contribution >= 4 is 33.2 Å². The number of sulfonamides is 1. The molecule has 8 heteroatoms. The molecule has 1 aromatic carbocycles. The summed E-state index contributed by atoms with van der Waals surface area (Å²) in [6, 6.07) is 4.79. The molecule has 2 fully saturated rings. The number of ether oxygens (including phenoxy) is 1. The Bertz CT molecular complexity index is 758. The minimum absolute atomic E-state index is 0.0332. The van der Waals surface area contributed by atoms with Gasteiger partial charge in [0.1, 0.15) is 0 Å². The number of morpholine rings is 1. The Morgan fingerprint density at radius 2 is 1.88 bits per heavy atom. The molecular weight excluding hydrogens is 364 g/mol. The van der Waals surface area contributed by atoms with Crippen molar-refractivity contribution in [1.82, 2.24) is 4.90 Å². The van der Waals surface area contributed by atoms with Gasteiger partial charge in [-0.1, -0.05) is 11.6 Å². The highest BCUT2D eigenvalue weighted by Gasteiger charge is 2.32. The van der Waals surface area contributed by atoms with Gasteiger partial charge in [-0.3, -0.25) is 9.10 Å². The van der Waals surface area contributed by atoms with Crippen LogP contribution in [0, 0.1) is 0 Å². The van der Waals surface area contributed by atoms with E-state index in [-0.39, 0.29) is 23.7 Å². The Morgan fingerprint density at radius 3 is 2.52 bits per heavy atom. The van der Waals surface area contributed by atoms with E-state index in [1.807, 2.05) is 13.8 Å². The number of anilines is 1. The van der Waals surface area contributed by atoms with E-state index in [9.17, 15) is 13.2 Å². The molecule has 2 heterocycles. The van der Waals surface area contributed by atoms with Crippen molar-refractivity contribution in [2.45, 2.75) is 38.8 Å². The number of nitrogens with zero attached hydrogens (tertiary/aromatic N) is 2. The van der Waals surface area contributed by atoms with Crippen LogP contribution in [-0.2, 0) is 14.8 Å². The van der Waals surface area contributed by atoms with E-state index in [1.54, 1.807) is 23.1 Å². The zero-order valence-electron chi connectivity index (χ0n) is 14.4. The van der Waals surface area contributed by atoms with Crippen molar-refractivity contribution in [2.24, 2.45) is 0 Å². The summed E-state index contributed by atoms with van der Waals surface area (Å²) in [5, 5.41) is 0.338. The third-order valence-corrected chi connectivity index (χ3v) is 6.89. The second-order valence-electron chi connectivity index (χ2n) is 6.71. The summed E-state index contributed by atoms with van der Waals surface area (Å²) in [4.78, 5) is 14.8. The average molecular weight is 387 g/mol. The van der Waals surface area contributed by atoms with Gasteiger partial charge in [0, 0.05) is 12.1 Å². The van der Waals surface area contributed by atoms with Crippen molar-refractivity contribution in [2.75, 3.05) is 29.8 Å². The second-order valence-corrected chi connectivity index (χ2v) is 9.13. The first-order valence-electron chi connectivity index (χ1n) is 8.51. The molecule has 6 nitrogen and oxygen atoms in total. The first-order chi connectivity index (χ1) is 11.8. The fraction of sp³-hybridized carbons (Fsp3) is 0.588. The van der Waals surface area contributed by atoms with Crippen molar-refractivity contribution in [3.05, 3.63) is 28.8 Å². The van der Waals surface area contributed by atoms with E-state index in [2.05, 4.69) is 0 Å². The zero-order chi connectivity index (χ0) is 18.2. The lowest BCUT2D eigenvalue weighted by atomic mass is 10.1. The quantitative estimate of drug-likeness (QED) is 0.783. The number of halogens is 1. The molecule has 138 valence electrons. The van der Waals surface area contributed by atoms with E-state index in [0.717, 1.165) is 6.42 Å². The van der Waals surface area contributed by atoms with Gasteiger partial charge in [0.05, 0.1) is 41.8 Å². The van der Waals surface area contributed by atoms with Gasteiger partial charge < -0.3 is 9.64 Å². The molecule has 2 saturated heterocycles. The van der Waals surface area contributed by atoms with Crippen molar-refractivity contribution in [3.8, 4) is 0 Å². The minimum Gasteiger partial charge on any atom is -0.377 e. The summed E-state index contributed by atoms with van der Waals surface area (Å²) in [6.45, 7) is 5.27. The van der Waals surface area contributed by atoms with Gasteiger partial charge in [0.2, 0.25) is 10.0 Å². The van der Waals surface area contributed by atoms with Gasteiger partial charge in [0.25, 0.3) is 5.91 Å². The van der Waals surface area contributed by atoms with Crippen LogP contribution in [0.15, 0.2) is 18.2 Å². The Morgan fingerprint density at radius 1 is 1.20 bits per heavy atom. The summed E-state index contributed by atoms with van der Waals surface area (Å²) in [6.07, 6.45) is 1.43. The predicted octanol–water partition coefficient (Wildman–Crippen LogP) is 2.52. The largest absolute Gasteiger partial charge is 0.377 e. The fourth-order valence-electron chi connectivity index (χ4n) is 3.45. The van der Waals surface area contributed by atoms with E-state index in [0.29, 0.717) is 42.5 Å². The standard InChI is InChI=1S/C17H23ClN2O4S/c1-12-10-24-11-13(2)20(12)17(21)14-5-6-15(18)16(9-14)19-7-3-4-8-25(19,22)23/h5-6,9,12-13H,3-4,7-8,10-11H2,1-2H3. The molecule has 0 N–H and O–H groups in total. The topological polar surface area (TPSA) is 66.9 Å². The van der Waals surface area contributed by atoms with Crippen LogP contribution in [0.4, 0.5) is 5.69 Å². The molecule has 2 unspecified atom stereocenters. The Kier molecular flexibility index (Phi) is 5.27. The smallest absolute Gasteiger partial charge is 0.254 e. The van der Waals surface area contributed by atoms with Crippen LogP contribution in [0.1, 0.15) is 37.0 Å². The molecule has 2 atom stereocenters. The Balaban J connectivity index is 1.95. The van der Waals surface area contributed by atoms with E-state index < -0.39 is 10.0 Å². The van der Waals surface area contributed by atoms with E-state index >= 15 is 0 Å². The van der Waals surface area contributed by atoms with Gasteiger partial charge in [-0.2, -0.15) is 0 Å². The highest BCUT2D eigenvalue weighted by atomic mass is 35.5.